The summed E-state index contributed by atoms with van der Waals surface area (Å²) in [7, 11) is 1.71. The van der Waals surface area contributed by atoms with E-state index < -0.39 is 5.91 Å². The smallest absolute Gasteiger partial charge is 0.292 e. The average molecular weight is 376 g/mol. The van der Waals surface area contributed by atoms with Crippen LogP contribution in [0.3, 0.4) is 0 Å². The predicted octanol–water partition coefficient (Wildman–Crippen LogP) is 3.49. The lowest BCUT2D eigenvalue weighted by Gasteiger charge is -2.22. The van der Waals surface area contributed by atoms with Gasteiger partial charge in [0.2, 0.25) is 5.91 Å². The molecular weight excluding hydrogens is 360 g/mol. The summed E-state index contributed by atoms with van der Waals surface area (Å²) in [6, 6.07) is 12.7. The summed E-state index contributed by atoms with van der Waals surface area (Å²) < 4.78 is 12.7. The summed E-state index contributed by atoms with van der Waals surface area (Å²) in [4.78, 5) is 24.9. The van der Waals surface area contributed by atoms with Crippen LogP contribution in [0.1, 0.15) is 34.2 Å². The lowest BCUT2D eigenvalue weighted by Crippen LogP contribution is -2.25. The number of amides is 2. The lowest BCUT2D eigenvalue weighted by atomic mass is 9.91. The van der Waals surface area contributed by atoms with Crippen LogP contribution in [-0.4, -0.2) is 21.6 Å². The predicted molar refractivity (Wildman–Crippen MR) is 101 cm³/mol. The Morgan fingerprint density at radius 1 is 1.29 bits per heavy atom. The first-order chi connectivity index (χ1) is 13.6. The number of fused-ring (bicyclic) bond motifs is 2. The number of anilines is 2. The van der Waals surface area contributed by atoms with E-state index in [9.17, 15) is 9.59 Å². The number of carbonyl (C=O) groups excluding carboxylic acids is 2. The molecule has 3 aromatic heterocycles. The second-order valence-corrected chi connectivity index (χ2v) is 6.66. The van der Waals surface area contributed by atoms with Crippen molar-refractivity contribution >= 4 is 34.4 Å². The van der Waals surface area contributed by atoms with E-state index in [0.29, 0.717) is 28.5 Å². The Labute approximate surface area is 159 Å². The standard InChI is InChI=1S/C20H16N4O4/c1-24-19-17(12(10-16(25)21-19)14-7-4-8-27-14)18(23-24)22-20(26)15-9-11-5-2-3-6-13(11)28-15/h2-9,12H,10H2,1H3,(H,21,25)(H,22,23,26)/t12-/m1/s1. The van der Waals surface area contributed by atoms with Crippen molar-refractivity contribution in [2.24, 2.45) is 7.05 Å². The summed E-state index contributed by atoms with van der Waals surface area (Å²) in [5.74, 6) is 0.859. The van der Waals surface area contributed by atoms with Gasteiger partial charge in [-0.15, -0.1) is 0 Å². The largest absolute Gasteiger partial charge is 0.469 e. The molecule has 1 atom stereocenters. The van der Waals surface area contributed by atoms with Gasteiger partial charge < -0.3 is 19.5 Å². The minimum absolute atomic E-state index is 0.132. The topological polar surface area (TPSA) is 102 Å². The number of aryl methyl sites for hydroxylation is 1. The van der Waals surface area contributed by atoms with Crippen molar-refractivity contribution in [1.82, 2.24) is 9.78 Å². The molecule has 1 aliphatic rings. The maximum absolute atomic E-state index is 12.8. The normalized spacial score (nSPS) is 16.0. The molecule has 4 heterocycles. The van der Waals surface area contributed by atoms with Gasteiger partial charge in [0, 0.05) is 18.9 Å². The first-order valence-corrected chi connectivity index (χ1v) is 8.80. The van der Waals surface area contributed by atoms with Gasteiger partial charge in [0.15, 0.2) is 11.6 Å². The molecule has 1 aromatic carbocycles. The first kappa shape index (κ1) is 16.4. The first-order valence-electron chi connectivity index (χ1n) is 8.80. The summed E-state index contributed by atoms with van der Waals surface area (Å²) in [5, 5.41) is 10.9. The number of carbonyl (C=O) groups is 2. The van der Waals surface area contributed by atoms with E-state index >= 15 is 0 Å². The van der Waals surface area contributed by atoms with Crippen molar-refractivity contribution in [2.75, 3.05) is 10.6 Å². The lowest BCUT2D eigenvalue weighted by molar-refractivity contribution is -0.116. The van der Waals surface area contributed by atoms with Gasteiger partial charge in [0.1, 0.15) is 17.2 Å². The van der Waals surface area contributed by atoms with Gasteiger partial charge in [-0.1, -0.05) is 18.2 Å². The molecule has 0 radical (unpaired) electrons. The molecule has 5 rings (SSSR count). The molecule has 1 aliphatic heterocycles. The molecule has 28 heavy (non-hydrogen) atoms. The van der Waals surface area contributed by atoms with Crippen LogP contribution in [0.4, 0.5) is 11.6 Å². The molecule has 8 heteroatoms. The number of hydrogen-bond donors (Lipinski definition) is 2. The molecule has 2 amide bonds. The fourth-order valence-electron chi connectivity index (χ4n) is 3.58. The van der Waals surface area contributed by atoms with E-state index in [1.165, 1.54) is 4.68 Å². The maximum atomic E-state index is 12.8. The summed E-state index contributed by atoms with van der Waals surface area (Å²) >= 11 is 0. The Bertz CT molecular complexity index is 1170. The third-order valence-electron chi connectivity index (χ3n) is 4.85. The van der Waals surface area contributed by atoms with E-state index in [1.807, 2.05) is 24.3 Å². The number of nitrogens with zero attached hydrogens (tertiary/aromatic N) is 2. The second kappa shape index (κ2) is 6.12. The average Bonchev–Trinajstić information content (AvgIpc) is 3.41. The highest BCUT2D eigenvalue weighted by molar-refractivity contribution is 6.05. The summed E-state index contributed by atoms with van der Waals surface area (Å²) in [5.41, 5.74) is 1.35. The van der Waals surface area contributed by atoms with E-state index in [-0.39, 0.29) is 24.0 Å². The zero-order valence-corrected chi connectivity index (χ0v) is 14.9. The Morgan fingerprint density at radius 3 is 2.93 bits per heavy atom. The fraction of sp³-hybridized carbons (Fsp3) is 0.150. The fourth-order valence-corrected chi connectivity index (χ4v) is 3.58. The van der Waals surface area contributed by atoms with Gasteiger partial charge in [-0.25, -0.2) is 0 Å². The minimum Gasteiger partial charge on any atom is -0.469 e. The molecule has 4 aromatic rings. The molecule has 2 N–H and O–H groups in total. The van der Waals surface area contributed by atoms with E-state index in [1.54, 1.807) is 31.5 Å². The zero-order valence-electron chi connectivity index (χ0n) is 14.9. The summed E-state index contributed by atoms with van der Waals surface area (Å²) in [6.45, 7) is 0. The van der Waals surface area contributed by atoms with Crippen LogP contribution >= 0.6 is 0 Å². The van der Waals surface area contributed by atoms with Crippen LogP contribution in [-0.2, 0) is 11.8 Å². The molecule has 0 aliphatic carbocycles. The van der Waals surface area contributed by atoms with Crippen molar-refractivity contribution in [3.05, 3.63) is 65.8 Å². The van der Waals surface area contributed by atoms with Crippen molar-refractivity contribution in [2.45, 2.75) is 12.3 Å². The van der Waals surface area contributed by atoms with Crippen LogP contribution < -0.4 is 10.6 Å². The number of furan rings is 2. The number of nitrogens with one attached hydrogen (secondary N) is 2. The minimum atomic E-state index is -0.410. The second-order valence-electron chi connectivity index (χ2n) is 6.66. The van der Waals surface area contributed by atoms with Crippen LogP contribution in [0.15, 0.2) is 57.6 Å². The van der Waals surface area contributed by atoms with Gasteiger partial charge in [0.25, 0.3) is 5.91 Å². The van der Waals surface area contributed by atoms with Crippen LogP contribution in [0.25, 0.3) is 11.0 Å². The highest BCUT2D eigenvalue weighted by atomic mass is 16.3. The van der Waals surface area contributed by atoms with E-state index in [4.69, 9.17) is 8.83 Å². The van der Waals surface area contributed by atoms with Gasteiger partial charge in [0.05, 0.1) is 17.7 Å². The maximum Gasteiger partial charge on any atom is 0.292 e. The van der Waals surface area contributed by atoms with Gasteiger partial charge in [-0.2, -0.15) is 5.10 Å². The van der Waals surface area contributed by atoms with Gasteiger partial charge in [-0.05, 0) is 24.3 Å². The molecule has 0 spiro atoms. The number of benzene rings is 1. The Hall–Kier alpha value is -3.81. The van der Waals surface area contributed by atoms with Crippen LogP contribution in [0.2, 0.25) is 0 Å². The van der Waals surface area contributed by atoms with E-state index in [2.05, 4.69) is 15.7 Å². The number of para-hydroxylation sites is 1. The molecule has 0 saturated carbocycles. The Kier molecular flexibility index (Phi) is 3.58. The van der Waals surface area contributed by atoms with Crippen molar-refractivity contribution < 1.29 is 18.4 Å². The SMILES string of the molecule is Cn1nc(NC(=O)c2cc3ccccc3o2)c2c1NC(=O)C[C@@H]2c1ccco1. The van der Waals surface area contributed by atoms with E-state index in [0.717, 1.165) is 5.39 Å². The molecule has 0 unspecified atom stereocenters. The molecule has 0 bridgehead atoms. The monoisotopic (exact) mass is 376 g/mol. The molecule has 8 nitrogen and oxygen atoms in total. The Balaban J connectivity index is 1.53. The number of hydrogen-bond acceptors (Lipinski definition) is 5. The number of aromatic nitrogens is 2. The van der Waals surface area contributed by atoms with Gasteiger partial charge >= 0.3 is 0 Å². The third-order valence-corrected chi connectivity index (χ3v) is 4.85. The van der Waals surface area contributed by atoms with Crippen molar-refractivity contribution in [1.29, 1.82) is 0 Å². The molecule has 140 valence electrons. The van der Waals surface area contributed by atoms with Crippen LogP contribution in [0.5, 0.6) is 0 Å². The zero-order chi connectivity index (χ0) is 19.3. The van der Waals surface area contributed by atoms with Crippen LogP contribution in [0, 0.1) is 0 Å². The molecular formula is C20H16N4O4. The van der Waals surface area contributed by atoms with Gasteiger partial charge in [-0.3, -0.25) is 14.3 Å². The van der Waals surface area contributed by atoms with Crippen molar-refractivity contribution in [3.63, 3.8) is 0 Å². The molecule has 0 saturated heterocycles. The molecule has 0 fully saturated rings. The quantitative estimate of drug-likeness (QED) is 0.570. The van der Waals surface area contributed by atoms with Crippen molar-refractivity contribution in [3.8, 4) is 0 Å². The highest BCUT2D eigenvalue weighted by Crippen LogP contribution is 2.41. The number of rotatable bonds is 3. The highest BCUT2D eigenvalue weighted by Gasteiger charge is 2.35. The third kappa shape index (κ3) is 2.58. The Morgan fingerprint density at radius 2 is 2.14 bits per heavy atom. The summed E-state index contributed by atoms with van der Waals surface area (Å²) in [6.07, 6.45) is 1.77.